The SMILES string of the molecule is Nc1ccc(Br)c(S(=O)(=O)N2CCn3ccnc3C2)c1. The van der Waals surface area contributed by atoms with Gasteiger partial charge in [-0.3, -0.25) is 0 Å². The lowest BCUT2D eigenvalue weighted by molar-refractivity contribution is 0.335. The lowest BCUT2D eigenvalue weighted by Crippen LogP contribution is -2.38. The Morgan fingerprint density at radius 3 is 2.90 bits per heavy atom. The molecule has 1 aliphatic rings. The van der Waals surface area contributed by atoms with E-state index in [0.29, 0.717) is 23.2 Å². The number of hydrogen-bond acceptors (Lipinski definition) is 4. The van der Waals surface area contributed by atoms with E-state index in [1.807, 2.05) is 10.8 Å². The van der Waals surface area contributed by atoms with Crippen LogP contribution in [0.25, 0.3) is 0 Å². The molecule has 1 aromatic heterocycles. The summed E-state index contributed by atoms with van der Waals surface area (Å²) >= 11 is 3.27. The normalized spacial score (nSPS) is 16.1. The molecule has 20 heavy (non-hydrogen) atoms. The van der Waals surface area contributed by atoms with Gasteiger partial charge >= 0.3 is 0 Å². The molecule has 0 fully saturated rings. The number of benzene rings is 1. The Morgan fingerprint density at radius 2 is 2.10 bits per heavy atom. The molecular formula is C12H13BrN4O2S. The van der Waals surface area contributed by atoms with Gasteiger partial charge in [0.1, 0.15) is 5.82 Å². The number of halogens is 1. The number of fused-ring (bicyclic) bond motifs is 1. The van der Waals surface area contributed by atoms with E-state index < -0.39 is 10.0 Å². The molecule has 0 saturated heterocycles. The van der Waals surface area contributed by atoms with Crippen LogP contribution in [-0.2, 0) is 23.1 Å². The third-order valence-electron chi connectivity index (χ3n) is 3.28. The van der Waals surface area contributed by atoms with Crippen molar-refractivity contribution in [2.45, 2.75) is 18.0 Å². The van der Waals surface area contributed by atoms with Crippen molar-refractivity contribution < 1.29 is 8.42 Å². The van der Waals surface area contributed by atoms with Crippen LogP contribution >= 0.6 is 15.9 Å². The molecule has 2 heterocycles. The second-order valence-electron chi connectivity index (χ2n) is 4.57. The quantitative estimate of drug-likeness (QED) is 0.825. The second kappa shape index (κ2) is 4.87. The van der Waals surface area contributed by atoms with Crippen molar-refractivity contribution in [1.29, 1.82) is 0 Å². The Morgan fingerprint density at radius 1 is 1.30 bits per heavy atom. The summed E-state index contributed by atoms with van der Waals surface area (Å²) in [6, 6.07) is 4.78. The number of anilines is 1. The molecule has 1 aliphatic heterocycles. The Kier molecular flexibility index (Phi) is 3.31. The summed E-state index contributed by atoms with van der Waals surface area (Å²) in [4.78, 5) is 4.37. The fourth-order valence-corrected chi connectivity index (χ4v) is 4.56. The van der Waals surface area contributed by atoms with Gasteiger partial charge in [0.25, 0.3) is 0 Å². The summed E-state index contributed by atoms with van der Waals surface area (Å²) in [6.45, 7) is 1.30. The Balaban J connectivity index is 1.99. The first-order valence-electron chi connectivity index (χ1n) is 6.03. The fourth-order valence-electron chi connectivity index (χ4n) is 2.21. The van der Waals surface area contributed by atoms with Crippen molar-refractivity contribution in [3.05, 3.63) is 40.9 Å². The van der Waals surface area contributed by atoms with E-state index in [4.69, 9.17) is 5.73 Å². The molecule has 0 unspecified atom stereocenters. The maximum absolute atomic E-state index is 12.7. The molecule has 0 aliphatic carbocycles. The van der Waals surface area contributed by atoms with Crippen molar-refractivity contribution in [2.24, 2.45) is 0 Å². The lowest BCUT2D eigenvalue weighted by Gasteiger charge is -2.27. The van der Waals surface area contributed by atoms with E-state index in [1.165, 1.54) is 10.4 Å². The molecule has 0 bridgehead atoms. The number of hydrogen-bond donors (Lipinski definition) is 1. The van der Waals surface area contributed by atoms with Crippen molar-refractivity contribution in [2.75, 3.05) is 12.3 Å². The van der Waals surface area contributed by atoms with E-state index in [-0.39, 0.29) is 11.4 Å². The van der Waals surface area contributed by atoms with Crippen LogP contribution in [0.5, 0.6) is 0 Å². The summed E-state index contributed by atoms with van der Waals surface area (Å²) in [6.07, 6.45) is 3.54. The van der Waals surface area contributed by atoms with Crippen LogP contribution in [0.2, 0.25) is 0 Å². The monoisotopic (exact) mass is 356 g/mol. The number of aromatic nitrogens is 2. The van der Waals surface area contributed by atoms with Crippen LogP contribution in [0.15, 0.2) is 40.0 Å². The van der Waals surface area contributed by atoms with Gasteiger partial charge in [-0.15, -0.1) is 0 Å². The van der Waals surface area contributed by atoms with Crippen molar-refractivity contribution in [1.82, 2.24) is 13.9 Å². The smallest absolute Gasteiger partial charge is 0.244 e. The molecule has 2 N–H and O–H groups in total. The minimum atomic E-state index is -3.58. The molecule has 0 radical (unpaired) electrons. The molecular weight excluding hydrogens is 344 g/mol. The standard InChI is InChI=1S/C12H13BrN4O2S/c13-10-2-1-9(14)7-11(10)20(18,19)17-6-5-16-4-3-15-12(16)8-17/h1-4,7H,5-6,8,14H2. The van der Waals surface area contributed by atoms with Gasteiger partial charge in [0.2, 0.25) is 10.0 Å². The number of nitrogen functional groups attached to an aromatic ring is 1. The summed E-state index contributed by atoms with van der Waals surface area (Å²) in [7, 11) is -3.58. The van der Waals surface area contributed by atoms with E-state index in [1.54, 1.807) is 18.3 Å². The highest BCUT2D eigenvalue weighted by Crippen LogP contribution is 2.28. The maximum atomic E-state index is 12.7. The predicted octanol–water partition coefficient (Wildman–Crippen LogP) is 1.43. The summed E-state index contributed by atoms with van der Waals surface area (Å²) < 4.78 is 29.3. The van der Waals surface area contributed by atoms with Gasteiger partial charge in [-0.05, 0) is 34.1 Å². The Bertz CT molecular complexity index is 757. The summed E-state index contributed by atoms with van der Waals surface area (Å²) in [5, 5.41) is 0. The topological polar surface area (TPSA) is 81.2 Å². The third-order valence-corrected chi connectivity index (χ3v) is 6.12. The molecule has 3 rings (SSSR count). The number of nitrogens with two attached hydrogens (primary N) is 1. The van der Waals surface area contributed by atoms with Gasteiger partial charge in [-0.2, -0.15) is 4.31 Å². The highest BCUT2D eigenvalue weighted by molar-refractivity contribution is 9.10. The largest absolute Gasteiger partial charge is 0.399 e. The van der Waals surface area contributed by atoms with Crippen molar-refractivity contribution in [3.8, 4) is 0 Å². The molecule has 2 aromatic rings. The van der Waals surface area contributed by atoms with Crippen molar-refractivity contribution >= 4 is 31.6 Å². The van der Waals surface area contributed by atoms with Gasteiger partial charge in [-0.1, -0.05) is 0 Å². The van der Waals surface area contributed by atoms with Crippen LogP contribution in [0.4, 0.5) is 5.69 Å². The zero-order chi connectivity index (χ0) is 14.3. The lowest BCUT2D eigenvalue weighted by atomic mass is 10.3. The molecule has 0 amide bonds. The van der Waals surface area contributed by atoms with Gasteiger partial charge in [-0.25, -0.2) is 13.4 Å². The molecule has 0 saturated carbocycles. The minimum Gasteiger partial charge on any atom is -0.399 e. The minimum absolute atomic E-state index is 0.192. The van der Waals surface area contributed by atoms with Crippen LogP contribution in [-0.4, -0.2) is 28.8 Å². The summed E-state index contributed by atoms with van der Waals surface area (Å²) in [5.41, 5.74) is 6.12. The van der Waals surface area contributed by atoms with E-state index in [2.05, 4.69) is 20.9 Å². The van der Waals surface area contributed by atoms with Gasteiger partial charge in [0, 0.05) is 35.6 Å². The molecule has 1 aromatic carbocycles. The zero-order valence-corrected chi connectivity index (χ0v) is 12.9. The zero-order valence-electron chi connectivity index (χ0n) is 10.5. The molecule has 106 valence electrons. The predicted molar refractivity (Wildman–Crippen MR) is 78.4 cm³/mol. The first-order valence-corrected chi connectivity index (χ1v) is 8.27. The Hall–Kier alpha value is -1.38. The average molecular weight is 357 g/mol. The molecule has 8 heteroatoms. The molecule has 0 atom stereocenters. The van der Waals surface area contributed by atoms with E-state index in [0.717, 1.165) is 5.82 Å². The molecule has 0 spiro atoms. The van der Waals surface area contributed by atoms with Crippen LogP contribution in [0, 0.1) is 0 Å². The van der Waals surface area contributed by atoms with Gasteiger partial charge < -0.3 is 10.3 Å². The fraction of sp³-hybridized carbons (Fsp3) is 0.250. The highest BCUT2D eigenvalue weighted by atomic mass is 79.9. The van der Waals surface area contributed by atoms with Crippen molar-refractivity contribution in [3.63, 3.8) is 0 Å². The average Bonchev–Trinajstić information content (AvgIpc) is 2.88. The number of nitrogens with zero attached hydrogens (tertiary/aromatic N) is 3. The van der Waals surface area contributed by atoms with Crippen LogP contribution in [0.1, 0.15) is 5.82 Å². The maximum Gasteiger partial charge on any atom is 0.244 e. The van der Waals surface area contributed by atoms with Crippen LogP contribution < -0.4 is 5.73 Å². The van der Waals surface area contributed by atoms with E-state index >= 15 is 0 Å². The van der Waals surface area contributed by atoms with E-state index in [9.17, 15) is 8.42 Å². The Labute approximate surface area is 125 Å². The second-order valence-corrected chi connectivity index (χ2v) is 7.33. The molecule has 6 nitrogen and oxygen atoms in total. The van der Waals surface area contributed by atoms with Gasteiger partial charge in [0.05, 0.1) is 11.4 Å². The van der Waals surface area contributed by atoms with Crippen LogP contribution in [0.3, 0.4) is 0 Å². The summed E-state index contributed by atoms with van der Waals surface area (Å²) in [5.74, 6) is 0.750. The number of imidazole rings is 1. The highest BCUT2D eigenvalue weighted by Gasteiger charge is 2.30. The number of rotatable bonds is 2. The first kappa shape index (κ1) is 13.6. The third kappa shape index (κ3) is 2.23. The number of sulfonamides is 1. The van der Waals surface area contributed by atoms with Gasteiger partial charge in [0.15, 0.2) is 0 Å². The first-order chi connectivity index (χ1) is 9.48.